The Bertz CT molecular complexity index is 435. The summed E-state index contributed by atoms with van der Waals surface area (Å²) in [7, 11) is 0. The summed E-state index contributed by atoms with van der Waals surface area (Å²) in [6.07, 6.45) is 11.5. The number of hydrogen-bond acceptors (Lipinski definition) is 2. The maximum Gasteiger partial charge on any atom is 0.0731 e. The second kappa shape index (κ2) is 4.47. The summed E-state index contributed by atoms with van der Waals surface area (Å²) < 4.78 is 0. The first-order chi connectivity index (χ1) is 9.89. The molecule has 0 bridgehead atoms. The maximum absolute atomic E-state index is 11.6. The fraction of sp³-hybridized carbons (Fsp3) is 1.00. The van der Waals surface area contributed by atoms with Gasteiger partial charge in [0.15, 0.2) is 0 Å². The SMILES string of the molecule is C[C@@]12CCC[C@@]1(O)[C@@H]1CCC3CC(O)CC[C@]3(C)[C@@H]1CC2. The van der Waals surface area contributed by atoms with Gasteiger partial charge in [-0.25, -0.2) is 0 Å². The van der Waals surface area contributed by atoms with Crippen LogP contribution in [0.25, 0.3) is 0 Å². The van der Waals surface area contributed by atoms with Crippen molar-refractivity contribution in [1.82, 2.24) is 0 Å². The lowest BCUT2D eigenvalue weighted by Gasteiger charge is -2.63. The second-order valence-electron chi connectivity index (χ2n) is 9.30. The van der Waals surface area contributed by atoms with E-state index in [4.69, 9.17) is 0 Å². The van der Waals surface area contributed by atoms with Crippen LogP contribution >= 0.6 is 0 Å². The molecule has 0 amide bonds. The van der Waals surface area contributed by atoms with Gasteiger partial charge in [-0.15, -0.1) is 0 Å². The van der Waals surface area contributed by atoms with E-state index in [2.05, 4.69) is 13.8 Å². The quantitative estimate of drug-likeness (QED) is 0.711. The smallest absolute Gasteiger partial charge is 0.0731 e. The summed E-state index contributed by atoms with van der Waals surface area (Å²) in [6, 6.07) is 0. The summed E-state index contributed by atoms with van der Waals surface area (Å²) in [5.74, 6) is 1.91. The molecule has 0 aliphatic heterocycles. The standard InChI is InChI=1S/C19H32O2/c1-17-8-3-9-19(17,21)16-5-4-13-12-14(20)6-11-18(13,2)15(16)7-10-17/h13-16,20-21H,3-12H2,1-2H3/t13?,14?,15-,16-,17+,18+,19-/m1/s1. The van der Waals surface area contributed by atoms with Crippen molar-refractivity contribution in [3.8, 4) is 0 Å². The molecule has 4 saturated carbocycles. The van der Waals surface area contributed by atoms with Crippen LogP contribution in [0.2, 0.25) is 0 Å². The molecule has 0 radical (unpaired) electrons. The molecule has 2 nitrogen and oxygen atoms in total. The van der Waals surface area contributed by atoms with Gasteiger partial charge in [0.05, 0.1) is 11.7 Å². The highest BCUT2D eigenvalue weighted by Gasteiger charge is 2.64. The molecular formula is C19H32O2. The summed E-state index contributed by atoms with van der Waals surface area (Å²) in [5, 5.41) is 21.6. The number of aliphatic hydroxyl groups is 2. The molecule has 0 aromatic heterocycles. The number of aliphatic hydroxyl groups excluding tert-OH is 1. The van der Waals surface area contributed by atoms with Crippen LogP contribution in [0.3, 0.4) is 0 Å². The molecule has 0 heterocycles. The molecule has 0 aromatic carbocycles. The zero-order chi connectivity index (χ0) is 14.9. The lowest BCUT2D eigenvalue weighted by molar-refractivity contribution is -0.202. The minimum absolute atomic E-state index is 0.0666. The highest BCUT2D eigenvalue weighted by atomic mass is 16.3. The van der Waals surface area contributed by atoms with Crippen LogP contribution in [0.5, 0.6) is 0 Å². The van der Waals surface area contributed by atoms with Gasteiger partial charge in [0.1, 0.15) is 0 Å². The number of rotatable bonds is 0. The van der Waals surface area contributed by atoms with E-state index in [1.165, 1.54) is 44.9 Å². The molecule has 4 fully saturated rings. The van der Waals surface area contributed by atoms with Crippen LogP contribution in [0, 0.1) is 28.6 Å². The van der Waals surface area contributed by atoms with E-state index >= 15 is 0 Å². The minimum atomic E-state index is -0.389. The largest absolute Gasteiger partial charge is 0.393 e. The fourth-order valence-electron chi connectivity index (χ4n) is 7.19. The molecule has 4 aliphatic carbocycles. The zero-order valence-electron chi connectivity index (χ0n) is 13.8. The van der Waals surface area contributed by atoms with Crippen LogP contribution in [0.1, 0.15) is 78.1 Å². The molecule has 2 N–H and O–H groups in total. The molecule has 120 valence electrons. The molecule has 7 atom stereocenters. The van der Waals surface area contributed by atoms with Crippen molar-refractivity contribution < 1.29 is 10.2 Å². The Balaban J connectivity index is 1.67. The van der Waals surface area contributed by atoms with E-state index < -0.39 is 0 Å². The van der Waals surface area contributed by atoms with E-state index in [9.17, 15) is 10.2 Å². The zero-order valence-corrected chi connectivity index (χ0v) is 13.8. The van der Waals surface area contributed by atoms with E-state index in [0.29, 0.717) is 23.2 Å². The van der Waals surface area contributed by atoms with Crippen LogP contribution in [-0.4, -0.2) is 21.9 Å². The van der Waals surface area contributed by atoms with Crippen molar-refractivity contribution in [3.05, 3.63) is 0 Å². The van der Waals surface area contributed by atoms with Gasteiger partial charge < -0.3 is 10.2 Å². The molecule has 0 spiro atoms. The summed E-state index contributed by atoms with van der Waals surface area (Å²) in [6.45, 7) is 4.84. The van der Waals surface area contributed by atoms with E-state index in [-0.39, 0.29) is 17.1 Å². The summed E-state index contributed by atoms with van der Waals surface area (Å²) in [4.78, 5) is 0. The van der Waals surface area contributed by atoms with Crippen LogP contribution in [-0.2, 0) is 0 Å². The first kappa shape index (κ1) is 14.5. The van der Waals surface area contributed by atoms with Crippen LogP contribution in [0.15, 0.2) is 0 Å². The lowest BCUT2D eigenvalue weighted by Crippen LogP contribution is -2.61. The van der Waals surface area contributed by atoms with Gasteiger partial charge in [-0.05, 0) is 92.8 Å². The molecule has 2 heteroatoms. The average Bonchev–Trinajstić information content (AvgIpc) is 2.75. The van der Waals surface area contributed by atoms with E-state index in [1.54, 1.807) is 0 Å². The maximum atomic E-state index is 11.6. The van der Waals surface area contributed by atoms with Crippen molar-refractivity contribution in [2.24, 2.45) is 28.6 Å². The Kier molecular flexibility index (Phi) is 3.09. The minimum Gasteiger partial charge on any atom is -0.393 e. The molecule has 4 rings (SSSR count). The molecule has 0 aromatic rings. The topological polar surface area (TPSA) is 40.5 Å². The lowest BCUT2D eigenvalue weighted by atomic mass is 9.44. The van der Waals surface area contributed by atoms with Crippen molar-refractivity contribution in [2.45, 2.75) is 89.8 Å². The van der Waals surface area contributed by atoms with Crippen molar-refractivity contribution in [2.75, 3.05) is 0 Å². The third-order valence-corrected chi connectivity index (χ3v) is 8.62. The number of hydrogen-bond donors (Lipinski definition) is 2. The predicted octanol–water partition coefficient (Wildman–Crippen LogP) is 3.90. The van der Waals surface area contributed by atoms with E-state index in [0.717, 1.165) is 19.3 Å². The third-order valence-electron chi connectivity index (χ3n) is 8.62. The number of fused-ring (bicyclic) bond motifs is 5. The van der Waals surface area contributed by atoms with Gasteiger partial charge in [0, 0.05) is 0 Å². The Labute approximate surface area is 129 Å². The first-order valence-corrected chi connectivity index (χ1v) is 9.29. The second-order valence-corrected chi connectivity index (χ2v) is 9.30. The van der Waals surface area contributed by atoms with Crippen LogP contribution < -0.4 is 0 Å². The molecule has 21 heavy (non-hydrogen) atoms. The Morgan fingerprint density at radius 3 is 2.48 bits per heavy atom. The van der Waals surface area contributed by atoms with Crippen molar-refractivity contribution in [1.29, 1.82) is 0 Å². The van der Waals surface area contributed by atoms with Crippen molar-refractivity contribution in [3.63, 3.8) is 0 Å². The highest BCUT2D eigenvalue weighted by Crippen LogP contribution is 2.67. The highest BCUT2D eigenvalue weighted by molar-refractivity contribution is 5.14. The predicted molar refractivity (Wildman–Crippen MR) is 83.8 cm³/mol. The van der Waals surface area contributed by atoms with Gasteiger partial charge in [-0.1, -0.05) is 13.8 Å². The Morgan fingerprint density at radius 1 is 0.857 bits per heavy atom. The average molecular weight is 292 g/mol. The summed E-state index contributed by atoms with van der Waals surface area (Å²) in [5.41, 5.74) is 0.174. The third kappa shape index (κ3) is 1.78. The van der Waals surface area contributed by atoms with Gasteiger partial charge in [-0.3, -0.25) is 0 Å². The summed E-state index contributed by atoms with van der Waals surface area (Å²) >= 11 is 0. The first-order valence-electron chi connectivity index (χ1n) is 9.29. The fourth-order valence-corrected chi connectivity index (χ4v) is 7.19. The van der Waals surface area contributed by atoms with E-state index in [1.807, 2.05) is 0 Å². The monoisotopic (exact) mass is 292 g/mol. The van der Waals surface area contributed by atoms with Gasteiger partial charge in [0.2, 0.25) is 0 Å². The normalized spacial score (nSPS) is 60.0. The van der Waals surface area contributed by atoms with Gasteiger partial charge in [-0.2, -0.15) is 0 Å². The van der Waals surface area contributed by atoms with Gasteiger partial charge >= 0.3 is 0 Å². The molecule has 4 aliphatic rings. The van der Waals surface area contributed by atoms with Crippen molar-refractivity contribution >= 4 is 0 Å². The van der Waals surface area contributed by atoms with Gasteiger partial charge in [0.25, 0.3) is 0 Å². The molecule has 2 unspecified atom stereocenters. The molecule has 0 saturated heterocycles. The Morgan fingerprint density at radius 2 is 1.67 bits per heavy atom. The molecular weight excluding hydrogens is 260 g/mol. The Hall–Kier alpha value is -0.0800. The van der Waals surface area contributed by atoms with Crippen LogP contribution in [0.4, 0.5) is 0 Å².